The standard InChI is InChI=1S/C23H24ClNO4/c1-14(2)12-19(26)20-21(16-6-8-17(24)9-7-16)25(23(28)22(20)27)13-15-4-10-18(29-3)11-5-15/h4-11,14,21,27H,12-13H2,1-3H3. The van der Waals surface area contributed by atoms with Gasteiger partial charge in [-0.15, -0.1) is 0 Å². The summed E-state index contributed by atoms with van der Waals surface area (Å²) in [5, 5.41) is 11.1. The third-order valence-corrected chi connectivity index (χ3v) is 5.15. The number of halogens is 1. The second-order valence-electron chi connectivity index (χ2n) is 7.52. The van der Waals surface area contributed by atoms with Gasteiger partial charge < -0.3 is 14.7 Å². The lowest BCUT2D eigenvalue weighted by Gasteiger charge is -2.27. The summed E-state index contributed by atoms with van der Waals surface area (Å²) in [6.45, 7) is 4.11. The number of amides is 1. The number of ketones is 1. The van der Waals surface area contributed by atoms with Crippen molar-refractivity contribution in [2.75, 3.05) is 7.11 Å². The van der Waals surface area contributed by atoms with E-state index in [0.29, 0.717) is 10.8 Å². The number of methoxy groups -OCH3 is 1. The maximum absolute atomic E-state index is 12.9. The number of carbonyl (C=O) groups is 2. The van der Waals surface area contributed by atoms with Crippen molar-refractivity contribution in [2.24, 2.45) is 5.92 Å². The second-order valence-corrected chi connectivity index (χ2v) is 7.96. The minimum atomic E-state index is -0.659. The van der Waals surface area contributed by atoms with Gasteiger partial charge in [-0.05, 0) is 41.3 Å². The van der Waals surface area contributed by atoms with Crippen LogP contribution in [0.3, 0.4) is 0 Å². The number of hydrogen-bond donors (Lipinski definition) is 1. The van der Waals surface area contributed by atoms with Gasteiger partial charge in [-0.2, -0.15) is 0 Å². The average Bonchev–Trinajstić information content (AvgIpc) is 2.93. The van der Waals surface area contributed by atoms with E-state index in [1.165, 1.54) is 4.90 Å². The molecule has 1 unspecified atom stereocenters. The van der Waals surface area contributed by atoms with Gasteiger partial charge in [0.25, 0.3) is 5.91 Å². The summed E-state index contributed by atoms with van der Waals surface area (Å²) in [5.74, 6) is -0.413. The number of nitrogens with zero attached hydrogens (tertiary/aromatic N) is 1. The smallest absolute Gasteiger partial charge is 0.290 e. The second kappa shape index (κ2) is 8.70. The molecule has 2 aromatic carbocycles. The first-order valence-electron chi connectivity index (χ1n) is 9.47. The van der Waals surface area contributed by atoms with Gasteiger partial charge in [0.1, 0.15) is 5.75 Å². The van der Waals surface area contributed by atoms with Gasteiger partial charge in [-0.3, -0.25) is 9.59 Å². The number of rotatable bonds is 7. The number of carbonyl (C=O) groups excluding carboxylic acids is 2. The molecule has 2 aromatic rings. The fourth-order valence-corrected chi connectivity index (χ4v) is 3.63. The molecule has 1 N–H and O–H groups in total. The molecule has 1 aliphatic heterocycles. The summed E-state index contributed by atoms with van der Waals surface area (Å²) in [5.41, 5.74) is 1.75. The first-order chi connectivity index (χ1) is 13.8. The Labute approximate surface area is 175 Å². The van der Waals surface area contributed by atoms with Crippen LogP contribution in [0, 0.1) is 5.92 Å². The topological polar surface area (TPSA) is 66.8 Å². The molecular formula is C23H24ClNO4. The zero-order valence-corrected chi connectivity index (χ0v) is 17.4. The van der Waals surface area contributed by atoms with Crippen LogP contribution in [-0.2, 0) is 16.1 Å². The Bertz CT molecular complexity index is 932. The molecule has 1 atom stereocenters. The number of aliphatic hydroxyl groups excluding tert-OH is 1. The third kappa shape index (κ3) is 4.46. The lowest BCUT2D eigenvalue weighted by Crippen LogP contribution is -2.30. The maximum Gasteiger partial charge on any atom is 0.290 e. The van der Waals surface area contributed by atoms with Crippen molar-refractivity contribution in [2.45, 2.75) is 32.9 Å². The molecule has 6 heteroatoms. The Kier molecular flexibility index (Phi) is 6.28. The van der Waals surface area contributed by atoms with Crippen LogP contribution in [0.5, 0.6) is 5.75 Å². The Morgan fingerprint density at radius 3 is 2.31 bits per heavy atom. The molecule has 0 saturated heterocycles. The summed E-state index contributed by atoms with van der Waals surface area (Å²) in [6.07, 6.45) is 0.257. The van der Waals surface area contributed by atoms with E-state index in [4.69, 9.17) is 16.3 Å². The van der Waals surface area contributed by atoms with E-state index in [2.05, 4.69) is 0 Å². The van der Waals surface area contributed by atoms with Crippen LogP contribution in [0.2, 0.25) is 5.02 Å². The number of benzene rings is 2. The minimum absolute atomic E-state index is 0.111. The molecule has 0 spiro atoms. The SMILES string of the molecule is COc1ccc(CN2C(=O)C(O)=C(C(=O)CC(C)C)C2c2ccc(Cl)cc2)cc1. The average molecular weight is 414 g/mol. The molecule has 0 bridgehead atoms. The first-order valence-corrected chi connectivity index (χ1v) is 9.85. The van der Waals surface area contributed by atoms with Crippen LogP contribution in [0.15, 0.2) is 59.9 Å². The third-order valence-electron chi connectivity index (χ3n) is 4.90. The van der Waals surface area contributed by atoms with Crippen molar-refractivity contribution in [3.05, 3.63) is 76.0 Å². The van der Waals surface area contributed by atoms with E-state index < -0.39 is 17.7 Å². The quantitative estimate of drug-likeness (QED) is 0.703. The van der Waals surface area contributed by atoms with Crippen LogP contribution in [0.25, 0.3) is 0 Å². The molecule has 0 aliphatic carbocycles. The van der Waals surface area contributed by atoms with E-state index in [1.807, 2.05) is 38.1 Å². The summed E-state index contributed by atoms with van der Waals surface area (Å²) >= 11 is 6.02. The number of ether oxygens (including phenoxy) is 1. The Hall–Kier alpha value is -2.79. The van der Waals surface area contributed by atoms with E-state index in [1.54, 1.807) is 31.4 Å². The number of aliphatic hydroxyl groups is 1. The van der Waals surface area contributed by atoms with Crippen molar-refractivity contribution in [3.63, 3.8) is 0 Å². The molecule has 0 aromatic heterocycles. The molecule has 1 amide bonds. The van der Waals surface area contributed by atoms with Gasteiger partial charge in [0.05, 0.1) is 18.7 Å². The van der Waals surface area contributed by atoms with Crippen LogP contribution in [0.1, 0.15) is 37.4 Å². The van der Waals surface area contributed by atoms with Crippen molar-refractivity contribution >= 4 is 23.3 Å². The first kappa shape index (κ1) is 20.9. The van der Waals surface area contributed by atoms with Crippen molar-refractivity contribution < 1.29 is 19.4 Å². The van der Waals surface area contributed by atoms with Crippen molar-refractivity contribution in [1.29, 1.82) is 0 Å². The highest BCUT2D eigenvalue weighted by molar-refractivity contribution is 6.30. The lowest BCUT2D eigenvalue weighted by molar-refractivity contribution is -0.130. The van der Waals surface area contributed by atoms with E-state index in [-0.39, 0.29) is 30.2 Å². The number of hydrogen-bond acceptors (Lipinski definition) is 4. The van der Waals surface area contributed by atoms with Gasteiger partial charge in [0.15, 0.2) is 11.5 Å². The van der Waals surface area contributed by atoms with Gasteiger partial charge in [-0.25, -0.2) is 0 Å². The molecule has 152 valence electrons. The molecule has 1 aliphatic rings. The Morgan fingerprint density at radius 1 is 1.14 bits per heavy atom. The highest BCUT2D eigenvalue weighted by Crippen LogP contribution is 2.40. The molecule has 1 heterocycles. The van der Waals surface area contributed by atoms with Crippen LogP contribution >= 0.6 is 11.6 Å². The molecule has 3 rings (SSSR count). The summed E-state index contributed by atoms with van der Waals surface area (Å²) < 4.78 is 5.18. The highest BCUT2D eigenvalue weighted by Gasteiger charge is 2.43. The van der Waals surface area contributed by atoms with Crippen molar-refractivity contribution in [3.8, 4) is 5.75 Å². The van der Waals surface area contributed by atoms with E-state index in [9.17, 15) is 14.7 Å². The van der Waals surface area contributed by atoms with Gasteiger partial charge in [0.2, 0.25) is 0 Å². The zero-order chi connectivity index (χ0) is 21.1. The molecule has 29 heavy (non-hydrogen) atoms. The summed E-state index contributed by atoms with van der Waals surface area (Å²) in [4.78, 5) is 27.3. The van der Waals surface area contributed by atoms with Crippen LogP contribution in [0.4, 0.5) is 0 Å². The molecule has 0 fully saturated rings. The maximum atomic E-state index is 12.9. The predicted octanol–water partition coefficient (Wildman–Crippen LogP) is 4.86. The molecule has 0 saturated carbocycles. The Morgan fingerprint density at radius 2 is 1.76 bits per heavy atom. The fraction of sp³-hybridized carbons (Fsp3) is 0.304. The normalized spacial score (nSPS) is 16.7. The van der Waals surface area contributed by atoms with Gasteiger partial charge in [-0.1, -0.05) is 49.7 Å². The van der Waals surface area contributed by atoms with E-state index in [0.717, 1.165) is 11.1 Å². The molecule has 5 nitrogen and oxygen atoms in total. The van der Waals surface area contributed by atoms with Gasteiger partial charge >= 0.3 is 0 Å². The monoisotopic (exact) mass is 413 g/mol. The summed E-state index contributed by atoms with van der Waals surface area (Å²) in [7, 11) is 1.59. The molecular weight excluding hydrogens is 390 g/mol. The largest absolute Gasteiger partial charge is 0.503 e. The molecule has 0 radical (unpaired) electrons. The minimum Gasteiger partial charge on any atom is -0.503 e. The lowest BCUT2D eigenvalue weighted by atomic mass is 9.92. The Balaban J connectivity index is 2.00. The summed E-state index contributed by atoms with van der Waals surface area (Å²) in [6, 6.07) is 13.7. The fourth-order valence-electron chi connectivity index (χ4n) is 3.50. The van der Waals surface area contributed by atoms with Crippen molar-refractivity contribution in [1.82, 2.24) is 4.90 Å². The van der Waals surface area contributed by atoms with Crippen LogP contribution < -0.4 is 4.74 Å². The van der Waals surface area contributed by atoms with Gasteiger partial charge in [0, 0.05) is 18.0 Å². The predicted molar refractivity (Wildman–Crippen MR) is 112 cm³/mol. The number of Topliss-reactive ketones (excluding diaryl/α,β-unsaturated/α-hetero) is 1. The van der Waals surface area contributed by atoms with Crippen LogP contribution in [-0.4, -0.2) is 28.8 Å². The highest BCUT2D eigenvalue weighted by atomic mass is 35.5. The van der Waals surface area contributed by atoms with E-state index >= 15 is 0 Å². The zero-order valence-electron chi connectivity index (χ0n) is 16.7.